The van der Waals surface area contributed by atoms with Crippen LogP contribution in [0.5, 0.6) is 0 Å². The fourth-order valence-electron chi connectivity index (χ4n) is 1.34. The summed E-state index contributed by atoms with van der Waals surface area (Å²) in [5, 5.41) is 4.14. The first kappa shape index (κ1) is 7.34. The smallest absolute Gasteiger partial charge is 0.113 e. The van der Waals surface area contributed by atoms with E-state index in [1.165, 1.54) is 5.57 Å². The van der Waals surface area contributed by atoms with Crippen molar-refractivity contribution in [2.24, 2.45) is 0 Å². The van der Waals surface area contributed by atoms with Gasteiger partial charge in [0.1, 0.15) is 6.17 Å². The minimum Gasteiger partial charge on any atom is -0.371 e. The van der Waals surface area contributed by atoms with Gasteiger partial charge < -0.3 is 5.32 Å². The third-order valence-corrected chi connectivity index (χ3v) is 2.59. The van der Waals surface area contributed by atoms with Gasteiger partial charge in [0.25, 0.3) is 0 Å². The second-order valence-electron chi connectivity index (χ2n) is 2.62. The van der Waals surface area contributed by atoms with Crippen LogP contribution in [-0.4, -0.2) is 17.5 Å². The van der Waals surface area contributed by atoms with Crippen LogP contribution < -0.4 is 16.2 Å². The van der Waals surface area contributed by atoms with E-state index in [0.717, 1.165) is 5.33 Å². The van der Waals surface area contributed by atoms with Crippen LogP contribution in [0.2, 0.25) is 0 Å². The van der Waals surface area contributed by atoms with Gasteiger partial charge in [-0.3, -0.25) is 0 Å². The lowest BCUT2D eigenvalue weighted by Gasteiger charge is -2.15. The van der Waals surface area contributed by atoms with Gasteiger partial charge in [0, 0.05) is 5.33 Å². The highest BCUT2D eigenvalue weighted by Crippen LogP contribution is 2.16. The molecule has 2 rings (SSSR count). The zero-order chi connectivity index (χ0) is 7.68. The average molecular weight is 216 g/mol. The molecule has 11 heavy (non-hydrogen) atoms. The summed E-state index contributed by atoms with van der Waals surface area (Å²) in [6.07, 6.45) is 6.39. The zero-order valence-electron chi connectivity index (χ0n) is 5.97. The zero-order valence-corrected chi connectivity index (χ0v) is 7.56. The quantitative estimate of drug-likeness (QED) is 0.549. The maximum atomic E-state index is 3.44. The van der Waals surface area contributed by atoms with Crippen LogP contribution in [0.3, 0.4) is 0 Å². The molecule has 0 radical (unpaired) electrons. The van der Waals surface area contributed by atoms with Crippen molar-refractivity contribution < 1.29 is 0 Å². The van der Waals surface area contributed by atoms with Gasteiger partial charge in [-0.15, -0.1) is 0 Å². The van der Waals surface area contributed by atoms with Crippen molar-refractivity contribution in [2.75, 3.05) is 5.33 Å². The van der Waals surface area contributed by atoms with E-state index in [1.54, 1.807) is 0 Å². The SMILES string of the molecule is BrCC1NNC2NC=CC=C12. The number of rotatable bonds is 1. The van der Waals surface area contributed by atoms with Crippen LogP contribution in [-0.2, 0) is 0 Å². The number of halogens is 1. The van der Waals surface area contributed by atoms with Crippen LogP contribution >= 0.6 is 15.9 Å². The standard InChI is InChI=1S/C7H10BrN3/c8-4-6-5-2-1-3-9-7(5)11-10-6/h1-3,6-7,9-11H,4H2. The molecule has 4 heteroatoms. The summed E-state index contributed by atoms with van der Waals surface area (Å²) in [5.41, 5.74) is 7.69. The van der Waals surface area contributed by atoms with E-state index in [1.807, 2.05) is 12.3 Å². The van der Waals surface area contributed by atoms with Crippen molar-refractivity contribution in [1.29, 1.82) is 0 Å². The van der Waals surface area contributed by atoms with Crippen LogP contribution in [0.4, 0.5) is 0 Å². The molecule has 3 nitrogen and oxygen atoms in total. The summed E-state index contributed by atoms with van der Waals surface area (Å²) in [4.78, 5) is 0. The predicted octanol–water partition coefficient (Wildman–Crippen LogP) is 0.227. The van der Waals surface area contributed by atoms with Gasteiger partial charge in [-0.1, -0.05) is 22.0 Å². The number of fused-ring (bicyclic) bond motifs is 1. The Bertz CT molecular complexity index is 212. The van der Waals surface area contributed by atoms with Crippen molar-refractivity contribution in [3.63, 3.8) is 0 Å². The second kappa shape index (κ2) is 2.97. The number of hydrogen-bond acceptors (Lipinski definition) is 3. The number of hydrazine groups is 1. The van der Waals surface area contributed by atoms with Crippen molar-refractivity contribution in [3.8, 4) is 0 Å². The average Bonchev–Trinajstić information content (AvgIpc) is 2.47. The minimum absolute atomic E-state index is 0.280. The molecule has 2 heterocycles. The van der Waals surface area contributed by atoms with E-state index in [0.29, 0.717) is 6.04 Å². The van der Waals surface area contributed by atoms with Crippen molar-refractivity contribution in [2.45, 2.75) is 12.2 Å². The van der Waals surface area contributed by atoms with E-state index in [9.17, 15) is 0 Å². The molecule has 2 atom stereocenters. The second-order valence-corrected chi connectivity index (χ2v) is 3.27. The fourth-order valence-corrected chi connectivity index (χ4v) is 1.88. The maximum absolute atomic E-state index is 3.44. The van der Waals surface area contributed by atoms with Crippen LogP contribution in [0.15, 0.2) is 23.9 Å². The van der Waals surface area contributed by atoms with Crippen molar-refractivity contribution >= 4 is 15.9 Å². The van der Waals surface area contributed by atoms with Crippen molar-refractivity contribution in [1.82, 2.24) is 16.2 Å². The Hall–Kier alpha value is -0.320. The summed E-state index contributed by atoms with van der Waals surface area (Å²) in [5.74, 6) is 0. The molecule has 0 saturated carbocycles. The van der Waals surface area contributed by atoms with Gasteiger partial charge in [0.15, 0.2) is 0 Å². The molecule has 2 aliphatic rings. The Morgan fingerprint density at radius 2 is 2.36 bits per heavy atom. The highest BCUT2D eigenvalue weighted by Gasteiger charge is 2.28. The Morgan fingerprint density at radius 3 is 3.18 bits per heavy atom. The Kier molecular flexibility index (Phi) is 1.98. The maximum Gasteiger partial charge on any atom is 0.113 e. The number of dihydropyridines is 1. The Balaban J connectivity index is 2.19. The molecule has 0 spiro atoms. The van der Waals surface area contributed by atoms with Gasteiger partial charge in [0.05, 0.1) is 6.04 Å². The molecule has 0 aromatic carbocycles. The Morgan fingerprint density at radius 1 is 1.45 bits per heavy atom. The summed E-state index contributed by atoms with van der Waals surface area (Å²) in [6, 6.07) is 0.414. The summed E-state index contributed by atoms with van der Waals surface area (Å²) in [7, 11) is 0. The first-order chi connectivity index (χ1) is 5.42. The molecule has 0 aromatic rings. The molecular formula is C7H10BrN3. The molecule has 3 N–H and O–H groups in total. The van der Waals surface area contributed by atoms with E-state index < -0.39 is 0 Å². The molecule has 0 aromatic heterocycles. The summed E-state index contributed by atoms with van der Waals surface area (Å²) < 4.78 is 0. The molecule has 2 unspecified atom stereocenters. The normalized spacial score (nSPS) is 34.5. The highest BCUT2D eigenvalue weighted by atomic mass is 79.9. The lowest BCUT2D eigenvalue weighted by molar-refractivity contribution is 0.523. The number of alkyl halides is 1. The third-order valence-electron chi connectivity index (χ3n) is 1.94. The first-order valence-electron chi connectivity index (χ1n) is 3.61. The monoisotopic (exact) mass is 215 g/mol. The minimum atomic E-state index is 0.280. The molecule has 0 amide bonds. The largest absolute Gasteiger partial charge is 0.371 e. The number of nitrogens with one attached hydrogen (secondary N) is 3. The number of allylic oxidation sites excluding steroid dienone is 2. The lowest BCUT2D eigenvalue weighted by atomic mass is 10.1. The van der Waals surface area contributed by atoms with Gasteiger partial charge in [-0.2, -0.15) is 0 Å². The van der Waals surface area contributed by atoms with Gasteiger partial charge in [0.2, 0.25) is 0 Å². The van der Waals surface area contributed by atoms with E-state index in [-0.39, 0.29) is 6.17 Å². The van der Waals surface area contributed by atoms with Gasteiger partial charge in [-0.25, -0.2) is 10.9 Å². The molecule has 60 valence electrons. The summed E-state index contributed by atoms with van der Waals surface area (Å²) >= 11 is 3.44. The van der Waals surface area contributed by atoms with Crippen LogP contribution in [0.1, 0.15) is 0 Å². The molecule has 0 bridgehead atoms. The predicted molar refractivity (Wildman–Crippen MR) is 48.0 cm³/mol. The molecule has 0 aliphatic carbocycles. The van der Waals surface area contributed by atoms with E-state index in [4.69, 9.17) is 0 Å². The highest BCUT2D eigenvalue weighted by molar-refractivity contribution is 9.09. The van der Waals surface area contributed by atoms with Gasteiger partial charge >= 0.3 is 0 Å². The van der Waals surface area contributed by atoms with Crippen molar-refractivity contribution in [3.05, 3.63) is 23.9 Å². The third kappa shape index (κ3) is 1.21. The lowest BCUT2D eigenvalue weighted by Crippen LogP contribution is -2.40. The number of hydrogen-bond donors (Lipinski definition) is 3. The molecule has 1 saturated heterocycles. The Labute approximate surface area is 74.0 Å². The molecular weight excluding hydrogens is 206 g/mol. The molecule has 2 aliphatic heterocycles. The summed E-state index contributed by atoms with van der Waals surface area (Å²) in [6.45, 7) is 0. The fraction of sp³-hybridized carbons (Fsp3) is 0.429. The van der Waals surface area contributed by atoms with Gasteiger partial charge in [-0.05, 0) is 17.8 Å². The van der Waals surface area contributed by atoms with E-state index >= 15 is 0 Å². The topological polar surface area (TPSA) is 36.1 Å². The van der Waals surface area contributed by atoms with Crippen LogP contribution in [0, 0.1) is 0 Å². The van der Waals surface area contributed by atoms with E-state index in [2.05, 4.69) is 38.2 Å². The first-order valence-corrected chi connectivity index (χ1v) is 4.73. The van der Waals surface area contributed by atoms with Crippen LogP contribution in [0.25, 0.3) is 0 Å². The molecule has 1 fully saturated rings.